The number of carboxylic acids is 4. The molecule has 0 saturated heterocycles. The average Bonchev–Trinajstić information content (AvgIpc) is 1.94. The summed E-state index contributed by atoms with van der Waals surface area (Å²) in [4.78, 5) is 44.8. The minimum Gasteiger partial charge on any atom is -0.550 e. The van der Waals surface area contributed by atoms with E-state index in [1.165, 1.54) is 6.92 Å². The Morgan fingerprint density at radius 2 is 0.545 bits per heavy atom. The van der Waals surface area contributed by atoms with Crippen LogP contribution >= 0.6 is 0 Å². The third kappa shape index (κ3) is 4830. The van der Waals surface area contributed by atoms with Crippen LogP contribution in [0.1, 0.15) is 34.6 Å². The first-order valence-corrected chi connectivity index (χ1v) is 4.63. The maximum atomic E-state index is 9.22. The van der Waals surface area contributed by atoms with Gasteiger partial charge in [-0.15, -0.1) is 0 Å². The summed E-state index contributed by atoms with van der Waals surface area (Å²) >= 11 is 0. The number of amides is 1. The fourth-order valence-electron chi connectivity index (χ4n) is 0. The van der Waals surface area contributed by atoms with Crippen LogP contribution < -0.4 is 26.2 Å². The quantitative estimate of drug-likeness (QED) is 0.414. The van der Waals surface area contributed by atoms with E-state index in [2.05, 4.69) is 5.73 Å². The number of carbonyl (C=O) groups is 5. The maximum absolute atomic E-state index is 9.22. The van der Waals surface area contributed by atoms with Gasteiger partial charge in [-0.05, 0) is 27.7 Å². The molecule has 120 valence electrons. The summed E-state index contributed by atoms with van der Waals surface area (Å²) in [7, 11) is 0. The van der Waals surface area contributed by atoms with Crippen LogP contribution in [0.2, 0.25) is 0 Å². The van der Waals surface area contributed by atoms with Crippen LogP contribution in [-0.4, -0.2) is 75.9 Å². The van der Waals surface area contributed by atoms with Crippen LogP contribution in [0.25, 0.3) is 0 Å². The third-order valence-electron chi connectivity index (χ3n) is 0. The normalized spacial score (nSPS) is 5.68. The number of hydrogen-bond donors (Lipinski definition) is 1. The Labute approximate surface area is 160 Å². The predicted molar refractivity (Wildman–Crippen MR) is 69.1 cm³/mol. The molecule has 1 amide bonds. The molecular formula is C10H17Mg2NO9. The van der Waals surface area contributed by atoms with E-state index in [0.717, 1.165) is 27.7 Å². The largest absolute Gasteiger partial charge is 2.00 e. The Balaban J connectivity index is -0.0000000250. The molecule has 0 atom stereocenters. The number of carboxylic acid groups (broad SMARTS) is 4. The van der Waals surface area contributed by atoms with Crippen molar-refractivity contribution < 1.29 is 44.4 Å². The van der Waals surface area contributed by atoms with Gasteiger partial charge >= 0.3 is 46.1 Å². The summed E-state index contributed by atoms with van der Waals surface area (Å²) in [5.41, 5.74) is 4.47. The average molecular weight is 344 g/mol. The molecule has 0 aromatic rings. The number of rotatable bonds is 0. The van der Waals surface area contributed by atoms with Crippen molar-refractivity contribution in [3.8, 4) is 0 Å². The van der Waals surface area contributed by atoms with Gasteiger partial charge in [-0.1, -0.05) is 0 Å². The van der Waals surface area contributed by atoms with E-state index in [-0.39, 0.29) is 52.0 Å². The Bertz CT molecular complexity index is 219. The van der Waals surface area contributed by atoms with Gasteiger partial charge in [0.15, 0.2) is 0 Å². The molecule has 0 aliphatic rings. The van der Waals surface area contributed by atoms with Gasteiger partial charge in [-0.25, -0.2) is 0 Å². The molecule has 0 aromatic heterocycles. The van der Waals surface area contributed by atoms with Crippen molar-refractivity contribution in [2.24, 2.45) is 5.73 Å². The van der Waals surface area contributed by atoms with Gasteiger partial charge < -0.3 is 45.3 Å². The van der Waals surface area contributed by atoms with Crippen molar-refractivity contribution >= 4 is 75.9 Å². The minimum absolute atomic E-state index is 0. The number of hydrogen-bond acceptors (Lipinski definition) is 9. The Morgan fingerprint density at radius 3 is 0.545 bits per heavy atom. The maximum Gasteiger partial charge on any atom is 2.00 e. The second-order valence-electron chi connectivity index (χ2n) is 2.58. The fourth-order valence-corrected chi connectivity index (χ4v) is 0. The van der Waals surface area contributed by atoms with Crippen molar-refractivity contribution in [1.29, 1.82) is 0 Å². The molecular weight excluding hydrogens is 327 g/mol. The van der Waals surface area contributed by atoms with Crippen molar-refractivity contribution in [2.45, 2.75) is 34.6 Å². The zero-order chi connectivity index (χ0) is 17.9. The smallest absolute Gasteiger partial charge is 0.550 e. The molecule has 0 aromatic carbocycles. The fraction of sp³-hybridized carbons (Fsp3) is 0.500. The number of nitrogens with two attached hydrogens (primary N) is 1. The van der Waals surface area contributed by atoms with Crippen molar-refractivity contribution in [3.63, 3.8) is 0 Å². The van der Waals surface area contributed by atoms with E-state index in [9.17, 15) is 4.79 Å². The number of primary amides is 1. The second kappa shape index (κ2) is 36.8. The van der Waals surface area contributed by atoms with E-state index in [0.29, 0.717) is 0 Å². The SMILES string of the molecule is CC(=O)[O-].CC(=O)[O-].CC(=O)[O-].CC(=O)[O-].CC(N)=O.[Mg+2].[Mg+2]. The molecule has 0 bridgehead atoms. The van der Waals surface area contributed by atoms with Crippen molar-refractivity contribution in [3.05, 3.63) is 0 Å². The molecule has 22 heavy (non-hydrogen) atoms. The molecule has 2 N–H and O–H groups in total. The molecule has 0 aliphatic carbocycles. The number of aliphatic carboxylic acids is 4. The Morgan fingerprint density at radius 1 is 0.545 bits per heavy atom. The van der Waals surface area contributed by atoms with Crippen LogP contribution in [0.4, 0.5) is 0 Å². The van der Waals surface area contributed by atoms with Gasteiger partial charge in [0.05, 0.1) is 0 Å². The van der Waals surface area contributed by atoms with Gasteiger partial charge in [-0.2, -0.15) is 0 Å². The molecule has 0 radical (unpaired) electrons. The van der Waals surface area contributed by atoms with E-state index in [1.807, 2.05) is 0 Å². The standard InChI is InChI=1S/C2H5NO.4C2H4O2.2Mg/c5*1-2(3)4;;/h1H3,(H2,3,4);4*1H3,(H,3,4);;/q;;;;;2*+2/p-4. The summed E-state index contributed by atoms with van der Waals surface area (Å²) in [6.45, 7) is 5.19. The summed E-state index contributed by atoms with van der Waals surface area (Å²) in [5.74, 6) is -4.67. The van der Waals surface area contributed by atoms with E-state index < -0.39 is 23.9 Å². The molecule has 0 unspecified atom stereocenters. The van der Waals surface area contributed by atoms with Crippen LogP contribution in [0.15, 0.2) is 0 Å². The van der Waals surface area contributed by atoms with E-state index >= 15 is 0 Å². The minimum atomic E-state index is -1.08. The molecule has 0 spiro atoms. The Hall–Kier alpha value is -1.12. The zero-order valence-corrected chi connectivity index (χ0v) is 16.0. The van der Waals surface area contributed by atoms with Gasteiger partial charge in [0.25, 0.3) is 0 Å². The first-order chi connectivity index (χ1) is 8.66. The van der Waals surface area contributed by atoms with Gasteiger partial charge in [0.2, 0.25) is 5.91 Å². The topological polar surface area (TPSA) is 204 Å². The monoisotopic (exact) mass is 343 g/mol. The first kappa shape index (κ1) is 42.8. The van der Waals surface area contributed by atoms with Crippen LogP contribution in [0.3, 0.4) is 0 Å². The summed E-state index contributed by atoms with van der Waals surface area (Å²) in [6.07, 6.45) is 0. The summed E-state index contributed by atoms with van der Waals surface area (Å²) < 4.78 is 0. The number of carbonyl (C=O) groups excluding carboxylic acids is 5. The van der Waals surface area contributed by atoms with Gasteiger partial charge in [0.1, 0.15) is 0 Å². The van der Waals surface area contributed by atoms with Crippen molar-refractivity contribution in [2.75, 3.05) is 0 Å². The van der Waals surface area contributed by atoms with E-state index in [4.69, 9.17) is 39.6 Å². The van der Waals surface area contributed by atoms with Crippen LogP contribution in [0.5, 0.6) is 0 Å². The van der Waals surface area contributed by atoms with Gasteiger partial charge in [-0.3, -0.25) is 4.79 Å². The molecule has 10 nitrogen and oxygen atoms in total. The van der Waals surface area contributed by atoms with Crippen LogP contribution in [-0.2, 0) is 24.0 Å². The molecule has 12 heteroatoms. The summed E-state index contributed by atoms with van der Waals surface area (Å²) in [6, 6.07) is 0. The zero-order valence-electron chi connectivity index (χ0n) is 13.2. The molecule has 0 rings (SSSR count). The Kier molecular flexibility index (Phi) is 71.6. The van der Waals surface area contributed by atoms with Crippen molar-refractivity contribution in [1.82, 2.24) is 0 Å². The van der Waals surface area contributed by atoms with Crippen LogP contribution in [0, 0.1) is 0 Å². The molecule has 0 fully saturated rings. The molecule has 0 saturated carbocycles. The predicted octanol–water partition coefficient (Wildman–Crippen LogP) is -6.25. The molecule has 0 aliphatic heterocycles. The molecule has 0 heterocycles. The summed E-state index contributed by atoms with van der Waals surface area (Å²) in [5, 5.41) is 35.6. The van der Waals surface area contributed by atoms with E-state index in [1.54, 1.807) is 0 Å². The third-order valence-corrected chi connectivity index (χ3v) is 0. The second-order valence-corrected chi connectivity index (χ2v) is 2.58. The first-order valence-electron chi connectivity index (χ1n) is 4.63. The van der Waals surface area contributed by atoms with Gasteiger partial charge in [0, 0.05) is 30.8 Å².